The van der Waals surface area contributed by atoms with Crippen LogP contribution in [-0.4, -0.2) is 57.5 Å². The lowest BCUT2D eigenvalue weighted by molar-refractivity contribution is -0.123. The highest BCUT2D eigenvalue weighted by atomic mass is 32.1. The summed E-state index contributed by atoms with van der Waals surface area (Å²) in [6, 6.07) is 11.1. The van der Waals surface area contributed by atoms with Crippen LogP contribution in [0.25, 0.3) is 6.08 Å². The van der Waals surface area contributed by atoms with Crippen molar-refractivity contribution in [3.63, 3.8) is 0 Å². The number of nitrogens with zero attached hydrogens (tertiary/aromatic N) is 4. The number of benzene rings is 1. The van der Waals surface area contributed by atoms with Crippen molar-refractivity contribution in [3.05, 3.63) is 81.2 Å². The third-order valence-electron chi connectivity index (χ3n) is 6.84. The first-order valence-corrected chi connectivity index (χ1v) is 14.4. The van der Waals surface area contributed by atoms with Gasteiger partial charge in [0, 0.05) is 30.9 Å². The minimum absolute atomic E-state index is 0.257. The summed E-state index contributed by atoms with van der Waals surface area (Å²) in [4.78, 5) is 47.6. The quantitative estimate of drug-likeness (QED) is 0.154. The molecule has 8 nitrogen and oxygen atoms in total. The molecule has 2 aromatic heterocycles. The third kappa shape index (κ3) is 6.65. The molecule has 0 bridgehead atoms. The number of imide groups is 1. The van der Waals surface area contributed by atoms with Gasteiger partial charge in [0.15, 0.2) is 0 Å². The Labute approximate surface area is 233 Å². The number of imidazole rings is 1. The number of urea groups is 1. The van der Waals surface area contributed by atoms with E-state index in [1.165, 1.54) is 16.9 Å². The summed E-state index contributed by atoms with van der Waals surface area (Å²) >= 11 is 1.65. The molecule has 1 fully saturated rings. The Morgan fingerprint density at radius 2 is 1.77 bits per heavy atom. The van der Waals surface area contributed by atoms with Gasteiger partial charge >= 0.3 is 12.0 Å². The number of rotatable bonds is 13. The van der Waals surface area contributed by atoms with Gasteiger partial charge in [-0.15, -0.1) is 11.3 Å². The normalized spacial score (nSPS) is 14.6. The molecule has 1 aromatic carbocycles. The number of aromatic nitrogens is 2. The topological polar surface area (TPSA) is 84.7 Å². The molecule has 0 unspecified atom stereocenters. The van der Waals surface area contributed by atoms with E-state index in [0.717, 1.165) is 49.2 Å². The molecule has 3 heterocycles. The van der Waals surface area contributed by atoms with Gasteiger partial charge in [-0.05, 0) is 54.5 Å². The van der Waals surface area contributed by atoms with Crippen LogP contribution >= 0.6 is 11.3 Å². The first-order chi connectivity index (χ1) is 19.0. The Morgan fingerprint density at radius 3 is 2.44 bits per heavy atom. The van der Waals surface area contributed by atoms with Crippen molar-refractivity contribution in [2.24, 2.45) is 0 Å². The van der Waals surface area contributed by atoms with Gasteiger partial charge in [0.05, 0.1) is 24.6 Å². The minimum atomic E-state index is -0.377. The molecule has 3 aromatic rings. The second-order valence-corrected chi connectivity index (χ2v) is 10.6. The Balaban J connectivity index is 1.67. The maximum absolute atomic E-state index is 13.5. The fraction of sp³-hybridized carbons (Fsp3) is 0.400. The predicted molar refractivity (Wildman–Crippen MR) is 152 cm³/mol. The second-order valence-electron chi connectivity index (χ2n) is 9.58. The van der Waals surface area contributed by atoms with Crippen LogP contribution in [0.1, 0.15) is 71.8 Å². The van der Waals surface area contributed by atoms with Gasteiger partial charge in [-0.25, -0.2) is 14.6 Å². The predicted octanol–water partition coefficient (Wildman–Crippen LogP) is 5.77. The lowest BCUT2D eigenvalue weighted by Gasteiger charge is -2.17. The Hall–Kier alpha value is -3.72. The summed E-state index contributed by atoms with van der Waals surface area (Å²) in [7, 11) is 1.36. The maximum Gasteiger partial charge on any atom is 0.337 e. The molecular formula is C30H36N4O4S. The van der Waals surface area contributed by atoms with E-state index in [-0.39, 0.29) is 17.9 Å². The maximum atomic E-state index is 13.5. The summed E-state index contributed by atoms with van der Waals surface area (Å²) in [5, 5.41) is 2.02. The molecule has 9 heteroatoms. The fourth-order valence-corrected chi connectivity index (χ4v) is 5.28. The molecule has 0 radical (unpaired) electrons. The molecule has 0 aliphatic carbocycles. The molecule has 3 amide bonds. The van der Waals surface area contributed by atoms with Crippen LogP contribution in [-0.2, 0) is 28.9 Å². The van der Waals surface area contributed by atoms with Crippen LogP contribution in [0.15, 0.2) is 53.7 Å². The van der Waals surface area contributed by atoms with Gasteiger partial charge in [0.2, 0.25) is 0 Å². The van der Waals surface area contributed by atoms with Crippen LogP contribution in [0.5, 0.6) is 0 Å². The average Bonchev–Trinajstić information content (AvgIpc) is 3.66. The van der Waals surface area contributed by atoms with E-state index in [1.807, 2.05) is 42.6 Å². The number of carbonyl (C=O) groups is 3. The third-order valence-corrected chi connectivity index (χ3v) is 7.77. The summed E-state index contributed by atoms with van der Waals surface area (Å²) in [5.74, 6) is 0.285. The van der Waals surface area contributed by atoms with Crippen molar-refractivity contribution < 1.29 is 19.1 Å². The molecule has 206 valence electrons. The van der Waals surface area contributed by atoms with Crippen LogP contribution in [0, 0.1) is 0 Å². The van der Waals surface area contributed by atoms with Gasteiger partial charge in [0.1, 0.15) is 11.5 Å². The van der Waals surface area contributed by atoms with E-state index in [0.29, 0.717) is 37.3 Å². The van der Waals surface area contributed by atoms with Crippen LogP contribution in [0.3, 0.4) is 0 Å². The van der Waals surface area contributed by atoms with Gasteiger partial charge in [-0.1, -0.05) is 44.9 Å². The Morgan fingerprint density at radius 1 is 1.00 bits per heavy atom. The van der Waals surface area contributed by atoms with E-state index in [4.69, 9.17) is 9.72 Å². The van der Waals surface area contributed by atoms with Crippen molar-refractivity contribution in [2.45, 2.75) is 58.9 Å². The van der Waals surface area contributed by atoms with Crippen molar-refractivity contribution >= 4 is 35.3 Å². The lowest BCUT2D eigenvalue weighted by Crippen LogP contribution is -2.34. The fourth-order valence-electron chi connectivity index (χ4n) is 4.58. The number of ether oxygens (including phenoxy) is 1. The minimum Gasteiger partial charge on any atom is -0.465 e. The van der Waals surface area contributed by atoms with Gasteiger partial charge < -0.3 is 9.30 Å². The molecule has 0 N–H and O–H groups in total. The van der Waals surface area contributed by atoms with E-state index in [9.17, 15) is 14.4 Å². The van der Waals surface area contributed by atoms with Crippen molar-refractivity contribution in [1.82, 2.24) is 19.4 Å². The molecule has 0 atom stereocenters. The zero-order valence-corrected chi connectivity index (χ0v) is 23.7. The highest BCUT2D eigenvalue weighted by molar-refractivity contribution is 7.09. The molecule has 1 saturated heterocycles. The Bertz CT molecular complexity index is 1310. The van der Waals surface area contributed by atoms with Crippen molar-refractivity contribution in [1.29, 1.82) is 0 Å². The number of hydrogen-bond acceptors (Lipinski definition) is 6. The van der Waals surface area contributed by atoms with Crippen molar-refractivity contribution in [3.8, 4) is 0 Å². The number of amides is 3. The number of methoxy groups -OCH3 is 1. The first-order valence-electron chi connectivity index (χ1n) is 13.6. The molecule has 0 saturated carbocycles. The van der Waals surface area contributed by atoms with E-state index >= 15 is 0 Å². The monoisotopic (exact) mass is 548 g/mol. The highest BCUT2D eigenvalue weighted by Gasteiger charge is 2.40. The summed E-state index contributed by atoms with van der Waals surface area (Å²) in [5.41, 5.74) is 2.64. The molecule has 0 spiro atoms. The molecule has 1 aliphatic rings. The summed E-state index contributed by atoms with van der Waals surface area (Å²) in [6.45, 7) is 5.56. The Kier molecular flexibility index (Phi) is 9.70. The summed E-state index contributed by atoms with van der Waals surface area (Å²) in [6.07, 6.45) is 8.77. The van der Waals surface area contributed by atoms with Gasteiger partial charge in [0.25, 0.3) is 5.91 Å². The van der Waals surface area contributed by atoms with Gasteiger partial charge in [-0.2, -0.15) is 0 Å². The van der Waals surface area contributed by atoms with Crippen molar-refractivity contribution in [2.75, 3.05) is 20.2 Å². The summed E-state index contributed by atoms with van der Waals surface area (Å²) < 4.78 is 6.91. The number of hydrogen-bond donors (Lipinski definition) is 0. The lowest BCUT2D eigenvalue weighted by atomic mass is 10.1. The molecule has 1 aliphatic heterocycles. The van der Waals surface area contributed by atoms with Gasteiger partial charge in [-0.3, -0.25) is 14.6 Å². The molecular weight excluding hydrogens is 512 g/mol. The zero-order valence-electron chi connectivity index (χ0n) is 22.9. The first kappa shape index (κ1) is 28.3. The SMILES string of the molecule is CCCCc1ncc(/C=C2/C(=O)N(CCCC)C(=O)N2CCc2cccs2)n1Cc1ccc(C(=O)OC)cc1. The standard InChI is InChI=1S/C30H36N4O4S/c1-4-6-10-27-31-20-24(34(27)21-22-11-13-23(14-12-22)29(36)38-3)19-26-28(35)33(16-7-5-2)30(37)32(26)17-15-25-9-8-18-39-25/h8-9,11-14,18-20H,4-7,10,15-17,21H2,1-3H3/b26-19-. The van der Waals surface area contributed by atoms with E-state index < -0.39 is 0 Å². The second kappa shape index (κ2) is 13.4. The molecule has 4 rings (SSSR count). The van der Waals surface area contributed by atoms with E-state index in [1.54, 1.807) is 34.6 Å². The van der Waals surface area contributed by atoms with Crippen LogP contribution in [0.4, 0.5) is 4.79 Å². The number of carbonyl (C=O) groups excluding carboxylic acids is 3. The van der Waals surface area contributed by atoms with Crippen LogP contribution < -0.4 is 0 Å². The average molecular weight is 549 g/mol. The smallest absolute Gasteiger partial charge is 0.337 e. The highest BCUT2D eigenvalue weighted by Crippen LogP contribution is 2.26. The number of esters is 1. The zero-order chi connectivity index (χ0) is 27.8. The number of thiophene rings is 1. The van der Waals surface area contributed by atoms with E-state index in [2.05, 4.69) is 11.5 Å². The largest absolute Gasteiger partial charge is 0.465 e. The number of aryl methyl sites for hydroxylation is 1. The van der Waals surface area contributed by atoms with Crippen LogP contribution in [0.2, 0.25) is 0 Å². The number of unbranched alkanes of at least 4 members (excludes halogenated alkanes) is 2. The molecule has 39 heavy (non-hydrogen) atoms.